The van der Waals surface area contributed by atoms with Crippen LogP contribution in [-0.4, -0.2) is 39.9 Å². The van der Waals surface area contributed by atoms with Crippen LogP contribution in [0.3, 0.4) is 0 Å². The average molecular weight is 433 g/mol. The first-order valence-electron chi connectivity index (χ1n) is 9.68. The maximum absolute atomic E-state index is 14.6. The number of benzene rings is 2. The molecule has 3 heterocycles. The number of aliphatic carboxylic acids is 1. The Balaban J connectivity index is 0.000000289. The molecule has 3 aromatic rings. The summed E-state index contributed by atoms with van der Waals surface area (Å²) in [4.78, 5) is 15.6. The summed E-state index contributed by atoms with van der Waals surface area (Å²) in [6.07, 6.45) is -0.322. The molecule has 5 nitrogen and oxygen atoms in total. The maximum atomic E-state index is 14.6. The predicted molar refractivity (Wildman–Crippen MR) is 106 cm³/mol. The molecule has 31 heavy (non-hydrogen) atoms. The van der Waals surface area contributed by atoms with Crippen molar-refractivity contribution in [2.24, 2.45) is 5.92 Å². The van der Waals surface area contributed by atoms with Crippen molar-refractivity contribution >= 4 is 11.7 Å². The molecule has 0 saturated carbocycles. The lowest BCUT2D eigenvalue weighted by Crippen LogP contribution is -2.24. The summed E-state index contributed by atoms with van der Waals surface area (Å²) in [5, 5.41) is 7.12. The summed E-state index contributed by atoms with van der Waals surface area (Å²) in [6.45, 7) is 1.96. The fourth-order valence-corrected chi connectivity index (χ4v) is 4.32. The van der Waals surface area contributed by atoms with Gasteiger partial charge in [-0.25, -0.2) is 14.2 Å². The van der Waals surface area contributed by atoms with Crippen molar-refractivity contribution in [1.29, 1.82) is 0 Å². The highest BCUT2D eigenvalue weighted by Crippen LogP contribution is 2.46. The third kappa shape index (κ3) is 3.99. The van der Waals surface area contributed by atoms with E-state index in [2.05, 4.69) is 38.7 Å². The van der Waals surface area contributed by atoms with E-state index < -0.39 is 12.1 Å². The number of halogens is 4. The summed E-state index contributed by atoms with van der Waals surface area (Å²) in [5.41, 5.74) is 4.12. The smallest absolute Gasteiger partial charge is 0.475 e. The molecule has 1 saturated heterocycles. The Hall–Kier alpha value is -3.36. The molecule has 2 atom stereocenters. The number of aromatic nitrogens is 2. The minimum atomic E-state index is -5.08. The number of hydrogen-bond donors (Lipinski definition) is 1. The highest BCUT2D eigenvalue weighted by atomic mass is 19.4. The van der Waals surface area contributed by atoms with Crippen LogP contribution in [0.4, 0.5) is 23.2 Å². The molecule has 0 bridgehead atoms. The van der Waals surface area contributed by atoms with E-state index in [-0.39, 0.29) is 11.9 Å². The predicted octanol–water partition coefficient (Wildman–Crippen LogP) is 4.75. The van der Waals surface area contributed by atoms with Gasteiger partial charge in [0.2, 0.25) is 0 Å². The number of carboxylic acids is 1. The third-order valence-electron chi connectivity index (χ3n) is 5.63. The van der Waals surface area contributed by atoms with Crippen LogP contribution in [0.1, 0.15) is 18.0 Å². The fourth-order valence-electron chi connectivity index (χ4n) is 4.32. The Labute approximate surface area is 175 Å². The van der Waals surface area contributed by atoms with Crippen LogP contribution >= 0.6 is 0 Å². The van der Waals surface area contributed by atoms with E-state index in [0.717, 1.165) is 36.3 Å². The van der Waals surface area contributed by atoms with E-state index in [1.54, 1.807) is 12.1 Å². The first-order valence-corrected chi connectivity index (χ1v) is 9.68. The van der Waals surface area contributed by atoms with Gasteiger partial charge in [-0.05, 0) is 24.6 Å². The highest BCUT2D eigenvalue weighted by Gasteiger charge is 2.40. The number of carbonyl (C=O) groups is 1. The molecule has 0 spiro atoms. The molecule has 0 radical (unpaired) electrons. The number of anilines is 1. The van der Waals surface area contributed by atoms with Crippen molar-refractivity contribution < 1.29 is 27.5 Å². The van der Waals surface area contributed by atoms with E-state index in [9.17, 15) is 17.6 Å². The molecule has 2 aliphatic heterocycles. The Morgan fingerprint density at radius 3 is 2.48 bits per heavy atom. The summed E-state index contributed by atoms with van der Waals surface area (Å²) in [6, 6.07) is 15.9. The zero-order valence-corrected chi connectivity index (χ0v) is 16.3. The van der Waals surface area contributed by atoms with Crippen molar-refractivity contribution in [3.05, 3.63) is 72.4 Å². The quantitative estimate of drug-likeness (QED) is 0.593. The van der Waals surface area contributed by atoms with Gasteiger partial charge in [-0.1, -0.05) is 30.3 Å². The number of nitrogens with zero attached hydrogens (tertiary/aromatic N) is 3. The number of fused-ring (bicyclic) bond motifs is 3. The molecule has 0 amide bonds. The lowest BCUT2D eigenvalue weighted by Gasteiger charge is -2.24. The first-order chi connectivity index (χ1) is 14.8. The monoisotopic (exact) mass is 433 g/mol. The first kappa shape index (κ1) is 20.9. The Morgan fingerprint density at radius 1 is 1.10 bits per heavy atom. The van der Waals surface area contributed by atoms with Crippen LogP contribution in [0.15, 0.2) is 61.1 Å². The van der Waals surface area contributed by atoms with Crippen LogP contribution in [-0.2, 0) is 4.79 Å². The highest BCUT2D eigenvalue weighted by molar-refractivity contribution is 5.73. The van der Waals surface area contributed by atoms with Gasteiger partial charge in [0.15, 0.2) is 0 Å². The Bertz CT molecular complexity index is 1080. The fraction of sp³-hybridized carbons (Fsp3) is 0.273. The number of rotatable bonds is 2. The van der Waals surface area contributed by atoms with Crippen LogP contribution in [0.25, 0.3) is 11.3 Å². The molecule has 1 N–H and O–H groups in total. The van der Waals surface area contributed by atoms with Crippen molar-refractivity contribution in [2.75, 3.05) is 18.0 Å². The number of imidazole rings is 1. The second-order valence-electron chi connectivity index (χ2n) is 7.47. The van der Waals surface area contributed by atoms with E-state index in [0.29, 0.717) is 5.92 Å². The molecular weight excluding hydrogens is 414 g/mol. The summed E-state index contributed by atoms with van der Waals surface area (Å²) in [5.74, 6) is -2.47. The topological polar surface area (TPSA) is 58.4 Å². The minimum absolute atomic E-state index is 0.0485. The second kappa shape index (κ2) is 8.05. The molecule has 9 heteroatoms. The van der Waals surface area contributed by atoms with Gasteiger partial charge in [-0.2, -0.15) is 13.2 Å². The molecule has 2 aliphatic rings. The normalized spacial score (nSPS) is 19.4. The standard InChI is InChI=1S/C20H18FN3.C2HF3O2/c21-17-8-4-7-16-18-11-22-13-24(18)20(19(16)17)14-9-10-23(12-14)15-5-2-1-3-6-15;3-2(4,5)1(6)7/h1-8,11,13-14,20H,9-10,12H2;(H,6,7). The van der Waals surface area contributed by atoms with Crippen LogP contribution in [0.5, 0.6) is 0 Å². The van der Waals surface area contributed by atoms with Gasteiger partial charge in [-0.3, -0.25) is 0 Å². The summed E-state index contributed by atoms with van der Waals surface area (Å²) < 4.78 is 48.5. The van der Waals surface area contributed by atoms with Crippen LogP contribution < -0.4 is 4.90 Å². The van der Waals surface area contributed by atoms with Crippen molar-refractivity contribution in [3.63, 3.8) is 0 Å². The van der Waals surface area contributed by atoms with Gasteiger partial charge in [0, 0.05) is 35.8 Å². The SMILES string of the molecule is Fc1cccc2c1C(C1CCN(c3ccccc3)C1)n1cncc1-2.O=C(O)C(F)(F)F. The van der Waals surface area contributed by atoms with Gasteiger partial charge in [0.1, 0.15) is 5.82 Å². The van der Waals surface area contributed by atoms with Crippen molar-refractivity contribution in [1.82, 2.24) is 9.55 Å². The number of para-hydroxylation sites is 1. The lowest BCUT2D eigenvalue weighted by atomic mass is 9.91. The second-order valence-corrected chi connectivity index (χ2v) is 7.47. The molecule has 1 fully saturated rings. The molecule has 1 aromatic heterocycles. The van der Waals surface area contributed by atoms with Gasteiger partial charge in [-0.15, -0.1) is 0 Å². The van der Waals surface area contributed by atoms with E-state index in [1.807, 2.05) is 24.7 Å². The third-order valence-corrected chi connectivity index (χ3v) is 5.63. The molecule has 2 unspecified atom stereocenters. The average Bonchev–Trinajstić information content (AvgIpc) is 3.45. The van der Waals surface area contributed by atoms with Gasteiger partial charge >= 0.3 is 12.1 Å². The van der Waals surface area contributed by atoms with Gasteiger partial charge in [0.05, 0.1) is 24.3 Å². The molecule has 0 aliphatic carbocycles. The van der Waals surface area contributed by atoms with E-state index in [4.69, 9.17) is 9.90 Å². The summed E-state index contributed by atoms with van der Waals surface area (Å²) >= 11 is 0. The lowest BCUT2D eigenvalue weighted by molar-refractivity contribution is -0.192. The minimum Gasteiger partial charge on any atom is -0.475 e. The molecular formula is C22H19F4N3O2. The largest absolute Gasteiger partial charge is 0.490 e. The number of carboxylic acid groups (broad SMARTS) is 1. The maximum Gasteiger partial charge on any atom is 0.490 e. The van der Waals surface area contributed by atoms with E-state index in [1.165, 1.54) is 5.69 Å². The zero-order chi connectivity index (χ0) is 22.2. The summed E-state index contributed by atoms with van der Waals surface area (Å²) in [7, 11) is 0. The molecule has 5 rings (SSSR count). The van der Waals surface area contributed by atoms with Crippen LogP contribution in [0.2, 0.25) is 0 Å². The Kier molecular flexibility index (Phi) is 5.43. The van der Waals surface area contributed by atoms with Crippen LogP contribution in [0, 0.1) is 11.7 Å². The number of hydrogen-bond acceptors (Lipinski definition) is 3. The van der Waals surface area contributed by atoms with Gasteiger partial charge in [0.25, 0.3) is 0 Å². The molecule has 2 aromatic carbocycles. The van der Waals surface area contributed by atoms with Crippen molar-refractivity contribution in [3.8, 4) is 11.3 Å². The molecule has 162 valence electrons. The number of alkyl halides is 3. The van der Waals surface area contributed by atoms with Crippen molar-refractivity contribution in [2.45, 2.75) is 18.6 Å². The Morgan fingerprint density at radius 2 is 1.81 bits per heavy atom. The van der Waals surface area contributed by atoms with E-state index >= 15 is 0 Å². The zero-order valence-electron chi connectivity index (χ0n) is 16.3. The van der Waals surface area contributed by atoms with Gasteiger partial charge < -0.3 is 14.6 Å².